The molecule has 0 unspecified atom stereocenters. The smallest absolute Gasteiger partial charge is 0.187 e. The number of fused-ring (bicyclic) bond motifs is 1. The van der Waals surface area contributed by atoms with E-state index in [2.05, 4.69) is 0 Å². The first kappa shape index (κ1) is 13.6. The molecule has 0 heterocycles. The van der Waals surface area contributed by atoms with E-state index >= 15 is 0 Å². The fourth-order valence-corrected chi connectivity index (χ4v) is 3.16. The number of ether oxygens (including phenoxy) is 1. The van der Waals surface area contributed by atoms with Gasteiger partial charge >= 0.3 is 0 Å². The quantitative estimate of drug-likeness (QED) is 0.864. The summed E-state index contributed by atoms with van der Waals surface area (Å²) >= 11 is 1.46. The third kappa shape index (κ3) is 2.62. The monoisotopic (exact) mass is 296 g/mol. The van der Waals surface area contributed by atoms with Gasteiger partial charge in [0.1, 0.15) is 5.75 Å². The van der Waals surface area contributed by atoms with Crippen LogP contribution >= 0.6 is 11.8 Å². The molecule has 0 radical (unpaired) electrons. The minimum atomic E-state index is -0.124. The van der Waals surface area contributed by atoms with Gasteiger partial charge in [-0.25, -0.2) is 0 Å². The first-order valence-corrected chi connectivity index (χ1v) is 7.22. The van der Waals surface area contributed by atoms with Crippen molar-refractivity contribution in [2.75, 3.05) is 7.11 Å². The lowest BCUT2D eigenvalue weighted by atomic mass is 9.95. The summed E-state index contributed by atoms with van der Waals surface area (Å²) in [6.07, 6.45) is 2.66. The molecule has 4 heteroatoms. The summed E-state index contributed by atoms with van der Waals surface area (Å²) in [5.74, 6) is 0.534. The number of hydrogen-bond acceptors (Lipinski definition) is 4. The van der Waals surface area contributed by atoms with Crippen molar-refractivity contribution >= 4 is 23.3 Å². The van der Waals surface area contributed by atoms with Crippen LogP contribution < -0.4 is 4.74 Å². The number of carbonyl (C=O) groups excluding carboxylic acids is 2. The predicted molar refractivity (Wildman–Crippen MR) is 81.4 cm³/mol. The number of rotatable bonds is 3. The Morgan fingerprint density at radius 3 is 2.33 bits per heavy atom. The van der Waals surface area contributed by atoms with E-state index in [-0.39, 0.29) is 11.6 Å². The van der Waals surface area contributed by atoms with Crippen LogP contribution in [0.15, 0.2) is 64.4 Å². The molecule has 1 aliphatic carbocycles. The van der Waals surface area contributed by atoms with E-state index in [1.165, 1.54) is 23.9 Å². The highest BCUT2D eigenvalue weighted by Gasteiger charge is 2.22. The molecule has 0 aromatic heterocycles. The maximum absolute atomic E-state index is 12.1. The summed E-state index contributed by atoms with van der Waals surface area (Å²) in [6, 6.07) is 12.9. The first-order chi connectivity index (χ1) is 10.2. The summed E-state index contributed by atoms with van der Waals surface area (Å²) in [5.41, 5.74) is 0.965. The zero-order valence-corrected chi connectivity index (χ0v) is 12.1. The summed E-state index contributed by atoms with van der Waals surface area (Å²) in [5, 5.41) is 0. The lowest BCUT2D eigenvalue weighted by molar-refractivity contribution is 0.0992. The van der Waals surface area contributed by atoms with Crippen molar-refractivity contribution in [1.29, 1.82) is 0 Å². The van der Waals surface area contributed by atoms with Crippen LogP contribution in [0.25, 0.3) is 0 Å². The average Bonchev–Trinajstić information content (AvgIpc) is 2.52. The van der Waals surface area contributed by atoms with Crippen LogP contribution in [0.3, 0.4) is 0 Å². The molecular weight excluding hydrogens is 284 g/mol. The van der Waals surface area contributed by atoms with Crippen molar-refractivity contribution in [1.82, 2.24) is 0 Å². The number of methoxy groups -OCH3 is 1. The van der Waals surface area contributed by atoms with Crippen LogP contribution in [0.5, 0.6) is 5.75 Å². The van der Waals surface area contributed by atoms with Crippen molar-refractivity contribution < 1.29 is 14.3 Å². The molecule has 2 aromatic carbocycles. The molecule has 0 saturated carbocycles. The molecule has 0 spiro atoms. The van der Waals surface area contributed by atoms with Gasteiger partial charge in [0, 0.05) is 20.9 Å². The summed E-state index contributed by atoms with van der Waals surface area (Å²) in [4.78, 5) is 25.7. The maximum Gasteiger partial charge on any atom is 0.187 e. The Labute approximate surface area is 126 Å². The van der Waals surface area contributed by atoms with Gasteiger partial charge in [0.05, 0.1) is 7.11 Å². The molecule has 0 bridgehead atoms. The number of allylic oxidation sites excluding steroid dienone is 2. The van der Waals surface area contributed by atoms with Crippen LogP contribution in [0.2, 0.25) is 0 Å². The number of benzene rings is 2. The minimum absolute atomic E-state index is 0.123. The lowest BCUT2D eigenvalue weighted by Crippen LogP contribution is -2.12. The van der Waals surface area contributed by atoms with Crippen LogP contribution in [-0.2, 0) is 0 Å². The highest BCUT2D eigenvalue weighted by Crippen LogP contribution is 2.34. The number of ketones is 2. The van der Waals surface area contributed by atoms with Crippen LogP contribution in [0.1, 0.15) is 20.7 Å². The summed E-state index contributed by atoms with van der Waals surface area (Å²) < 4.78 is 5.12. The largest absolute Gasteiger partial charge is 0.497 e. The molecule has 0 aliphatic heterocycles. The van der Waals surface area contributed by atoms with E-state index in [9.17, 15) is 9.59 Å². The topological polar surface area (TPSA) is 43.4 Å². The fraction of sp³-hybridized carbons (Fsp3) is 0.0588. The molecule has 0 N–H and O–H groups in total. The molecule has 0 amide bonds. The Hall–Kier alpha value is -2.33. The summed E-state index contributed by atoms with van der Waals surface area (Å²) in [7, 11) is 1.62. The number of hydrogen-bond donors (Lipinski definition) is 0. The first-order valence-electron chi connectivity index (χ1n) is 6.40. The fourth-order valence-electron chi connectivity index (χ4n) is 2.17. The Morgan fingerprint density at radius 1 is 0.905 bits per heavy atom. The van der Waals surface area contributed by atoms with Gasteiger partial charge in [-0.1, -0.05) is 23.9 Å². The van der Waals surface area contributed by atoms with Gasteiger partial charge < -0.3 is 4.74 Å². The van der Waals surface area contributed by atoms with Crippen molar-refractivity contribution in [3.05, 3.63) is 65.7 Å². The Morgan fingerprint density at radius 2 is 1.62 bits per heavy atom. The third-order valence-corrected chi connectivity index (χ3v) is 4.28. The van der Waals surface area contributed by atoms with Crippen molar-refractivity contribution in [3.63, 3.8) is 0 Å². The second-order valence-corrected chi connectivity index (χ2v) is 5.63. The van der Waals surface area contributed by atoms with Crippen LogP contribution in [0.4, 0.5) is 0 Å². The minimum Gasteiger partial charge on any atom is -0.497 e. The van der Waals surface area contributed by atoms with Gasteiger partial charge in [-0.15, -0.1) is 0 Å². The molecular formula is C17H12O3S. The molecule has 2 aromatic rings. The van der Waals surface area contributed by atoms with Crippen molar-refractivity contribution in [3.8, 4) is 5.75 Å². The van der Waals surface area contributed by atoms with E-state index in [1.807, 2.05) is 30.3 Å². The Bertz CT molecular complexity index is 745. The second kappa shape index (κ2) is 5.58. The van der Waals surface area contributed by atoms with Gasteiger partial charge in [0.15, 0.2) is 11.6 Å². The lowest BCUT2D eigenvalue weighted by Gasteiger charge is -2.13. The predicted octanol–water partition coefficient (Wildman–Crippen LogP) is 3.78. The van der Waals surface area contributed by atoms with Crippen LogP contribution in [-0.4, -0.2) is 18.7 Å². The zero-order chi connectivity index (χ0) is 14.8. The van der Waals surface area contributed by atoms with E-state index in [0.29, 0.717) is 11.1 Å². The molecule has 0 saturated heterocycles. The Balaban J connectivity index is 1.98. The zero-order valence-electron chi connectivity index (χ0n) is 11.3. The van der Waals surface area contributed by atoms with Crippen molar-refractivity contribution in [2.45, 2.75) is 9.79 Å². The van der Waals surface area contributed by atoms with Gasteiger partial charge in [0.2, 0.25) is 0 Å². The average molecular weight is 296 g/mol. The van der Waals surface area contributed by atoms with E-state index in [4.69, 9.17) is 4.74 Å². The van der Waals surface area contributed by atoms with E-state index in [1.54, 1.807) is 19.2 Å². The summed E-state index contributed by atoms with van der Waals surface area (Å²) in [6.45, 7) is 0. The SMILES string of the molecule is COc1ccc(Sc2cccc3c2C(=O)C=CC3=O)cc1. The molecule has 21 heavy (non-hydrogen) atoms. The highest BCUT2D eigenvalue weighted by molar-refractivity contribution is 7.99. The van der Waals surface area contributed by atoms with E-state index in [0.717, 1.165) is 15.5 Å². The molecule has 1 aliphatic rings. The Kier molecular flexibility index (Phi) is 3.62. The normalized spacial score (nSPS) is 13.2. The highest BCUT2D eigenvalue weighted by atomic mass is 32.2. The van der Waals surface area contributed by atoms with Crippen molar-refractivity contribution in [2.24, 2.45) is 0 Å². The van der Waals surface area contributed by atoms with Gasteiger partial charge in [-0.05, 0) is 42.5 Å². The van der Waals surface area contributed by atoms with Gasteiger partial charge in [0.25, 0.3) is 0 Å². The van der Waals surface area contributed by atoms with E-state index < -0.39 is 0 Å². The molecule has 0 atom stereocenters. The molecule has 3 rings (SSSR count). The second-order valence-electron chi connectivity index (χ2n) is 4.52. The molecule has 3 nitrogen and oxygen atoms in total. The van der Waals surface area contributed by atoms with Gasteiger partial charge in [-0.2, -0.15) is 0 Å². The standard InChI is InChI=1S/C17H12O3S/c1-20-11-5-7-12(8-6-11)21-16-4-2-3-13-14(18)9-10-15(19)17(13)16/h2-10H,1H3. The molecule has 104 valence electrons. The van der Waals surface area contributed by atoms with Crippen LogP contribution in [0, 0.1) is 0 Å². The number of carbonyl (C=O) groups is 2. The third-order valence-electron chi connectivity index (χ3n) is 3.21. The molecule has 0 fully saturated rings. The van der Waals surface area contributed by atoms with Gasteiger partial charge in [-0.3, -0.25) is 9.59 Å². The maximum atomic E-state index is 12.1.